The lowest BCUT2D eigenvalue weighted by atomic mass is 9.81. The van der Waals surface area contributed by atoms with E-state index >= 15 is 0 Å². The molecule has 0 aromatic heterocycles. The summed E-state index contributed by atoms with van der Waals surface area (Å²) in [5.74, 6) is -5.04. The van der Waals surface area contributed by atoms with Crippen LogP contribution in [0.5, 0.6) is 5.75 Å². The fourth-order valence-electron chi connectivity index (χ4n) is 5.97. The van der Waals surface area contributed by atoms with Gasteiger partial charge in [0.25, 0.3) is 5.69 Å². The molecule has 0 saturated carbocycles. The molecule has 0 amide bonds. The number of ketones is 3. The zero-order valence-electron chi connectivity index (χ0n) is 26.2. The number of aryl methyl sites for hydroxylation is 1. The van der Waals surface area contributed by atoms with Crippen molar-refractivity contribution in [2.45, 2.75) is 71.7 Å². The normalized spacial score (nSPS) is 21.5. The molecule has 5 atom stereocenters. The minimum atomic E-state index is -1.86. The van der Waals surface area contributed by atoms with E-state index in [9.17, 15) is 38.9 Å². The Morgan fingerprint density at radius 1 is 0.854 bits per heavy atom. The lowest BCUT2D eigenvalue weighted by Gasteiger charge is -2.44. The molecule has 5 unspecified atom stereocenters. The summed E-state index contributed by atoms with van der Waals surface area (Å²) in [5.41, 5.74) is -0.577. The van der Waals surface area contributed by atoms with E-state index in [2.05, 4.69) is 0 Å². The van der Waals surface area contributed by atoms with E-state index in [1.807, 2.05) is 0 Å². The maximum Gasteiger partial charge on any atom is 0.303 e. The van der Waals surface area contributed by atoms with Crippen LogP contribution in [0.4, 0.5) is 5.69 Å². The zero-order valence-corrected chi connectivity index (χ0v) is 26.9. The van der Waals surface area contributed by atoms with Gasteiger partial charge in [-0.1, -0.05) is 41.4 Å². The standard InChI is InChI=1S/C33H28ClNO13/c1-13-9-10-18-20(11-13)28(41)24-25(27(18)40)30(23-19(26(24)34)7-6-8-21(23)35(42)43)48-33-32(46-17(5)39)31(45-16(4)38)29(44-15(3)37)22(47-33)12-14(2)36/h6-11,22,29,31-33H,12H2,1-5H3. The molecule has 0 spiro atoms. The van der Waals surface area contributed by atoms with Crippen molar-refractivity contribution < 1.29 is 57.4 Å². The molecule has 0 bridgehead atoms. The van der Waals surface area contributed by atoms with Crippen LogP contribution in [0.25, 0.3) is 10.8 Å². The summed E-state index contributed by atoms with van der Waals surface area (Å²) >= 11 is 6.75. The van der Waals surface area contributed by atoms with E-state index in [1.54, 1.807) is 13.0 Å². The van der Waals surface area contributed by atoms with Crippen LogP contribution in [-0.2, 0) is 38.1 Å². The molecule has 1 fully saturated rings. The van der Waals surface area contributed by atoms with E-state index in [-0.39, 0.29) is 32.5 Å². The number of fused-ring (bicyclic) bond motifs is 3. The summed E-state index contributed by atoms with van der Waals surface area (Å²) in [6.45, 7) is 6.07. The summed E-state index contributed by atoms with van der Waals surface area (Å²) in [6, 6.07) is 8.40. The van der Waals surface area contributed by atoms with E-state index in [0.717, 1.165) is 26.8 Å². The molecular formula is C33H28ClNO13. The molecule has 1 aliphatic heterocycles. The maximum atomic E-state index is 14.2. The van der Waals surface area contributed by atoms with Crippen LogP contribution >= 0.6 is 11.6 Å². The minimum Gasteiger partial charge on any atom is -0.459 e. The van der Waals surface area contributed by atoms with Crippen LogP contribution in [0.3, 0.4) is 0 Å². The van der Waals surface area contributed by atoms with Gasteiger partial charge in [0.05, 0.1) is 21.1 Å². The Morgan fingerprint density at radius 2 is 1.46 bits per heavy atom. The second-order valence-electron chi connectivity index (χ2n) is 11.3. The second-order valence-corrected chi connectivity index (χ2v) is 11.7. The predicted octanol–water partition coefficient (Wildman–Crippen LogP) is 4.36. The van der Waals surface area contributed by atoms with Crippen LogP contribution in [0, 0.1) is 17.0 Å². The van der Waals surface area contributed by atoms with Gasteiger partial charge in [0.15, 0.2) is 23.8 Å². The number of hydrogen-bond acceptors (Lipinski definition) is 13. The molecule has 3 aromatic rings. The van der Waals surface area contributed by atoms with Crippen LogP contribution in [0.15, 0.2) is 36.4 Å². The van der Waals surface area contributed by atoms with Gasteiger partial charge in [0, 0.05) is 49.8 Å². The number of Topliss-reactive ketones (excluding diaryl/α,β-unsaturated/α-hetero) is 1. The molecule has 48 heavy (non-hydrogen) atoms. The van der Waals surface area contributed by atoms with Crippen molar-refractivity contribution in [1.29, 1.82) is 0 Å². The van der Waals surface area contributed by atoms with Gasteiger partial charge in [0.2, 0.25) is 12.4 Å². The first-order chi connectivity index (χ1) is 22.6. The number of nitro groups is 1. The summed E-state index contributed by atoms with van der Waals surface area (Å²) < 4.78 is 28.7. The first kappa shape index (κ1) is 34.1. The van der Waals surface area contributed by atoms with E-state index in [0.29, 0.717) is 5.56 Å². The van der Waals surface area contributed by atoms with Crippen molar-refractivity contribution in [3.63, 3.8) is 0 Å². The number of esters is 3. The smallest absolute Gasteiger partial charge is 0.303 e. The Labute approximate surface area is 277 Å². The quantitative estimate of drug-likeness (QED) is 0.110. The first-order valence-electron chi connectivity index (χ1n) is 14.6. The highest BCUT2D eigenvalue weighted by Gasteiger charge is 2.54. The fraction of sp³-hybridized carbons (Fsp3) is 0.333. The second kappa shape index (κ2) is 13.1. The number of ether oxygens (including phenoxy) is 5. The topological polar surface area (TPSA) is 192 Å². The lowest BCUT2D eigenvalue weighted by molar-refractivity contribution is -0.383. The Bertz CT molecular complexity index is 1940. The molecule has 15 heteroatoms. The molecule has 5 rings (SSSR count). The molecule has 1 saturated heterocycles. The number of benzene rings is 3. The summed E-state index contributed by atoms with van der Waals surface area (Å²) in [5, 5.41) is 11.8. The van der Waals surface area contributed by atoms with Gasteiger partial charge in [0.1, 0.15) is 23.0 Å². The Morgan fingerprint density at radius 3 is 2.06 bits per heavy atom. The zero-order chi connectivity index (χ0) is 35.2. The number of hydrogen-bond donors (Lipinski definition) is 0. The molecule has 0 radical (unpaired) electrons. The molecule has 250 valence electrons. The monoisotopic (exact) mass is 681 g/mol. The molecule has 14 nitrogen and oxygen atoms in total. The largest absolute Gasteiger partial charge is 0.459 e. The van der Waals surface area contributed by atoms with Gasteiger partial charge >= 0.3 is 17.9 Å². The summed E-state index contributed by atoms with van der Waals surface area (Å²) in [4.78, 5) is 88.9. The Balaban J connectivity index is 1.80. The van der Waals surface area contributed by atoms with Gasteiger partial charge in [-0.05, 0) is 19.9 Å². The van der Waals surface area contributed by atoms with Crippen LogP contribution < -0.4 is 4.74 Å². The Hall–Kier alpha value is -5.21. The third-order valence-electron chi connectivity index (χ3n) is 7.74. The molecule has 3 aromatic carbocycles. The van der Waals surface area contributed by atoms with E-state index in [4.69, 9.17) is 35.3 Å². The van der Waals surface area contributed by atoms with Gasteiger partial charge in [-0.25, -0.2) is 0 Å². The molecular weight excluding hydrogens is 654 g/mol. The number of non-ortho nitro benzene ring substituents is 1. The molecule has 0 N–H and O–H groups in total. The highest BCUT2D eigenvalue weighted by molar-refractivity contribution is 6.44. The van der Waals surface area contributed by atoms with Crippen molar-refractivity contribution >= 4 is 63.3 Å². The highest BCUT2D eigenvalue weighted by atomic mass is 35.5. The van der Waals surface area contributed by atoms with E-state index < -0.39 is 94.3 Å². The molecule has 1 aliphatic carbocycles. The average Bonchev–Trinajstić information content (AvgIpc) is 2.99. The number of nitro benzene ring substituents is 1. The van der Waals surface area contributed by atoms with Crippen LogP contribution in [-0.4, -0.2) is 70.9 Å². The molecule has 2 aliphatic rings. The number of halogens is 1. The van der Waals surface area contributed by atoms with Crippen LogP contribution in [0.2, 0.25) is 5.02 Å². The number of nitrogens with zero attached hydrogens (tertiary/aromatic N) is 1. The third kappa shape index (κ3) is 6.23. The predicted molar refractivity (Wildman–Crippen MR) is 165 cm³/mol. The number of rotatable bonds is 8. The van der Waals surface area contributed by atoms with Crippen molar-refractivity contribution in [3.05, 3.63) is 79.4 Å². The SMILES string of the molecule is CC(=O)CC1OC(Oc2c3c(c(Cl)c4cccc([N+](=O)[O-])c24)C(=O)c2cc(C)ccc2C3=O)C(OC(C)=O)C(OC(C)=O)C1OC(C)=O. The number of carbonyl (C=O) groups is 6. The van der Waals surface area contributed by atoms with Gasteiger partial charge < -0.3 is 23.7 Å². The minimum absolute atomic E-state index is 0.0219. The van der Waals surface area contributed by atoms with E-state index in [1.165, 1.54) is 31.2 Å². The average molecular weight is 682 g/mol. The van der Waals surface area contributed by atoms with Crippen molar-refractivity contribution in [2.75, 3.05) is 0 Å². The Kier molecular flexibility index (Phi) is 9.33. The first-order valence-corrected chi connectivity index (χ1v) is 14.9. The van der Waals surface area contributed by atoms with Gasteiger partial charge in [-0.15, -0.1) is 0 Å². The fourth-order valence-corrected chi connectivity index (χ4v) is 6.31. The summed E-state index contributed by atoms with van der Waals surface area (Å²) in [6.07, 6.45) is -8.46. The van der Waals surface area contributed by atoms with Gasteiger partial charge in [-0.2, -0.15) is 0 Å². The number of carbonyl (C=O) groups excluding carboxylic acids is 6. The van der Waals surface area contributed by atoms with Crippen LogP contribution in [0.1, 0.15) is 71.5 Å². The molecule has 1 heterocycles. The van der Waals surface area contributed by atoms with Crippen molar-refractivity contribution in [3.8, 4) is 5.75 Å². The lowest BCUT2D eigenvalue weighted by Crippen LogP contribution is -2.63. The highest BCUT2D eigenvalue weighted by Crippen LogP contribution is 2.48. The third-order valence-corrected chi connectivity index (χ3v) is 8.13. The van der Waals surface area contributed by atoms with Crippen molar-refractivity contribution in [2.24, 2.45) is 0 Å². The maximum absolute atomic E-state index is 14.2. The van der Waals surface area contributed by atoms with Gasteiger partial charge in [-0.3, -0.25) is 38.9 Å². The van der Waals surface area contributed by atoms with Crippen molar-refractivity contribution in [1.82, 2.24) is 0 Å². The summed E-state index contributed by atoms with van der Waals surface area (Å²) in [7, 11) is 0.